The highest BCUT2D eigenvalue weighted by molar-refractivity contribution is 7.99. The maximum absolute atomic E-state index is 10.9. The van der Waals surface area contributed by atoms with Crippen molar-refractivity contribution in [2.45, 2.75) is 11.6 Å². The molecular formula is C12H17N3O5S. The van der Waals surface area contributed by atoms with Gasteiger partial charge in [0.1, 0.15) is 5.52 Å². The number of hydrogen-bond donors (Lipinski definition) is 4. The summed E-state index contributed by atoms with van der Waals surface area (Å²) in [5.74, 6) is -3.12. The molecule has 0 saturated heterocycles. The fraction of sp³-hybridized carbons (Fsp3) is 0.250. The molecule has 116 valence electrons. The summed E-state index contributed by atoms with van der Waals surface area (Å²) in [6, 6.07) is 7.18. The Labute approximate surface area is 124 Å². The Morgan fingerprint density at radius 2 is 1.90 bits per heavy atom. The molecule has 0 radical (unpaired) electrons. The summed E-state index contributed by atoms with van der Waals surface area (Å²) in [6.45, 7) is 0. The third-order valence-corrected chi connectivity index (χ3v) is 3.44. The molecule has 21 heavy (non-hydrogen) atoms. The Bertz CT molecular complexity index is 583. The second kappa shape index (κ2) is 8.25. The van der Waals surface area contributed by atoms with E-state index in [1.165, 1.54) is 0 Å². The highest BCUT2D eigenvalue weighted by Gasteiger charge is 2.22. The molecule has 1 aromatic carbocycles. The van der Waals surface area contributed by atoms with Crippen LogP contribution in [0.3, 0.4) is 0 Å². The number of aliphatic carboxylic acids is 2. The minimum atomic E-state index is -1.13. The topological polar surface area (TPSA) is 171 Å². The van der Waals surface area contributed by atoms with Gasteiger partial charge < -0.3 is 26.9 Å². The molecule has 1 heterocycles. The molecule has 2 rings (SSSR count). The normalized spacial score (nSPS) is 11.2. The Morgan fingerprint density at radius 1 is 1.24 bits per heavy atom. The van der Waals surface area contributed by atoms with E-state index < -0.39 is 24.3 Å². The third kappa shape index (κ3) is 5.06. The second-order valence-electron chi connectivity index (χ2n) is 3.89. The van der Waals surface area contributed by atoms with Crippen LogP contribution < -0.4 is 12.3 Å². The van der Waals surface area contributed by atoms with Crippen molar-refractivity contribution in [2.24, 2.45) is 5.92 Å². The van der Waals surface area contributed by atoms with Gasteiger partial charge in [0, 0.05) is 5.75 Å². The monoisotopic (exact) mass is 315 g/mol. The van der Waals surface area contributed by atoms with Gasteiger partial charge in [-0.3, -0.25) is 9.59 Å². The van der Waals surface area contributed by atoms with Crippen LogP contribution >= 0.6 is 11.8 Å². The first-order valence-corrected chi connectivity index (χ1v) is 6.48. The smallest absolute Gasteiger partial charge is 0.307 e. The predicted octanol–water partition coefficient (Wildman–Crippen LogP) is 2.42. The third-order valence-electron chi connectivity index (χ3n) is 2.45. The highest BCUT2D eigenvalue weighted by Crippen LogP contribution is 2.25. The van der Waals surface area contributed by atoms with Crippen molar-refractivity contribution in [2.75, 3.05) is 5.75 Å². The molecule has 2 aromatic rings. The van der Waals surface area contributed by atoms with Gasteiger partial charge in [0.25, 0.3) is 5.22 Å². The van der Waals surface area contributed by atoms with Gasteiger partial charge in [-0.1, -0.05) is 23.9 Å². The summed E-state index contributed by atoms with van der Waals surface area (Å²) in [5.41, 5.74) is 1.31. The van der Waals surface area contributed by atoms with Gasteiger partial charge in [-0.25, -0.2) is 4.98 Å². The van der Waals surface area contributed by atoms with Gasteiger partial charge in [-0.2, -0.15) is 0 Å². The van der Waals surface area contributed by atoms with Gasteiger partial charge in [0.05, 0.1) is 12.3 Å². The number of nitrogens with zero attached hydrogens (tertiary/aromatic N) is 1. The predicted molar refractivity (Wildman–Crippen MR) is 78.2 cm³/mol. The first kappa shape index (κ1) is 18.9. The molecule has 0 aliphatic heterocycles. The van der Waals surface area contributed by atoms with Crippen LogP contribution in [0.25, 0.3) is 11.1 Å². The van der Waals surface area contributed by atoms with E-state index in [1.807, 2.05) is 12.1 Å². The van der Waals surface area contributed by atoms with E-state index in [1.54, 1.807) is 12.1 Å². The van der Waals surface area contributed by atoms with Gasteiger partial charge in [0.2, 0.25) is 0 Å². The van der Waals surface area contributed by atoms with E-state index in [2.05, 4.69) is 4.98 Å². The standard InChI is InChI=1S/C12H11NO5S.2H3N/c14-10(15)5-7(11(16)17)6-19-12-13-8-3-1-2-4-9(8)18-12;;/h1-4,7H,5-6H2,(H,14,15)(H,16,17);2*1H3. The van der Waals surface area contributed by atoms with Crippen molar-refractivity contribution in [3.63, 3.8) is 0 Å². The number of benzene rings is 1. The van der Waals surface area contributed by atoms with Crippen LogP contribution in [0.4, 0.5) is 0 Å². The zero-order valence-electron chi connectivity index (χ0n) is 11.2. The number of fused-ring (bicyclic) bond motifs is 1. The van der Waals surface area contributed by atoms with Crippen molar-refractivity contribution in [1.29, 1.82) is 0 Å². The average molecular weight is 315 g/mol. The zero-order valence-corrected chi connectivity index (χ0v) is 12.0. The molecule has 0 aliphatic rings. The quantitative estimate of drug-likeness (QED) is 0.584. The molecule has 0 fully saturated rings. The summed E-state index contributed by atoms with van der Waals surface area (Å²) < 4.78 is 5.41. The Morgan fingerprint density at radius 3 is 2.48 bits per heavy atom. The minimum absolute atomic E-state index is 0. The molecule has 0 amide bonds. The first-order chi connectivity index (χ1) is 9.06. The van der Waals surface area contributed by atoms with E-state index in [4.69, 9.17) is 14.6 Å². The van der Waals surface area contributed by atoms with E-state index in [9.17, 15) is 9.59 Å². The maximum atomic E-state index is 10.9. The van der Waals surface area contributed by atoms with E-state index in [0.29, 0.717) is 16.3 Å². The summed E-state index contributed by atoms with van der Waals surface area (Å²) in [4.78, 5) is 25.6. The summed E-state index contributed by atoms with van der Waals surface area (Å²) in [7, 11) is 0. The minimum Gasteiger partial charge on any atom is -0.481 e. The number of hydrogen-bond acceptors (Lipinski definition) is 7. The van der Waals surface area contributed by atoms with Gasteiger partial charge >= 0.3 is 11.9 Å². The lowest BCUT2D eigenvalue weighted by Gasteiger charge is -2.06. The number of carboxylic acid groups (broad SMARTS) is 2. The lowest BCUT2D eigenvalue weighted by molar-refractivity contribution is -0.147. The van der Waals surface area contributed by atoms with Crippen LogP contribution in [-0.2, 0) is 9.59 Å². The van der Waals surface area contributed by atoms with Crippen LogP contribution in [0.2, 0.25) is 0 Å². The zero-order chi connectivity index (χ0) is 13.8. The van der Waals surface area contributed by atoms with E-state index >= 15 is 0 Å². The average Bonchev–Trinajstić information content (AvgIpc) is 2.76. The molecule has 1 unspecified atom stereocenters. The van der Waals surface area contributed by atoms with Crippen molar-refractivity contribution in [3.8, 4) is 0 Å². The second-order valence-corrected chi connectivity index (χ2v) is 4.86. The number of aromatic nitrogens is 1. The molecule has 1 atom stereocenters. The number of rotatable bonds is 6. The lowest BCUT2D eigenvalue weighted by atomic mass is 10.1. The number of para-hydroxylation sites is 2. The van der Waals surface area contributed by atoms with Crippen molar-refractivity contribution in [3.05, 3.63) is 24.3 Å². The van der Waals surface area contributed by atoms with Crippen LogP contribution in [0.15, 0.2) is 33.9 Å². The van der Waals surface area contributed by atoms with Gasteiger partial charge in [0.15, 0.2) is 5.58 Å². The van der Waals surface area contributed by atoms with Crippen molar-refractivity contribution < 1.29 is 24.2 Å². The number of carbonyl (C=O) groups is 2. The van der Waals surface area contributed by atoms with E-state index in [-0.39, 0.29) is 18.1 Å². The van der Waals surface area contributed by atoms with Crippen LogP contribution in [0.1, 0.15) is 6.42 Å². The molecular weight excluding hydrogens is 298 g/mol. The summed E-state index contributed by atoms with van der Waals surface area (Å²) in [5, 5.41) is 17.9. The van der Waals surface area contributed by atoms with Crippen LogP contribution in [0.5, 0.6) is 0 Å². The Kier molecular flexibility index (Phi) is 7.42. The van der Waals surface area contributed by atoms with Gasteiger partial charge in [-0.05, 0) is 12.1 Å². The van der Waals surface area contributed by atoms with Crippen molar-refractivity contribution >= 4 is 34.8 Å². The molecule has 1 aromatic heterocycles. The van der Waals surface area contributed by atoms with Crippen LogP contribution in [0, 0.1) is 5.92 Å². The first-order valence-electron chi connectivity index (χ1n) is 5.49. The SMILES string of the molecule is N.N.O=C(O)CC(CSc1nc2ccccc2o1)C(=O)O. The molecule has 0 bridgehead atoms. The molecule has 0 spiro atoms. The Hall–Kier alpha value is -2.10. The number of carboxylic acids is 2. The highest BCUT2D eigenvalue weighted by atomic mass is 32.2. The lowest BCUT2D eigenvalue weighted by Crippen LogP contribution is -2.20. The molecule has 9 heteroatoms. The molecule has 8 nitrogen and oxygen atoms in total. The fourth-order valence-corrected chi connectivity index (χ4v) is 2.43. The van der Waals surface area contributed by atoms with Gasteiger partial charge in [-0.15, -0.1) is 0 Å². The Balaban J connectivity index is 0.00000200. The van der Waals surface area contributed by atoms with E-state index in [0.717, 1.165) is 11.8 Å². The molecule has 8 N–H and O–H groups in total. The van der Waals surface area contributed by atoms with Crippen LogP contribution in [-0.4, -0.2) is 32.9 Å². The largest absolute Gasteiger partial charge is 0.481 e. The van der Waals surface area contributed by atoms with Crippen molar-refractivity contribution in [1.82, 2.24) is 17.3 Å². The summed E-state index contributed by atoms with van der Waals surface area (Å²) >= 11 is 1.10. The number of thioether (sulfide) groups is 1. The maximum Gasteiger partial charge on any atom is 0.307 e. The summed E-state index contributed by atoms with van der Waals surface area (Å²) in [6.07, 6.45) is -0.414. The molecule has 0 saturated carbocycles. The molecule has 0 aliphatic carbocycles. The fourth-order valence-electron chi connectivity index (χ4n) is 1.51. The number of oxazole rings is 1.